The van der Waals surface area contributed by atoms with Crippen molar-refractivity contribution in [2.75, 3.05) is 0 Å². The van der Waals surface area contributed by atoms with E-state index in [9.17, 15) is 9.90 Å². The molecule has 2 atom stereocenters. The van der Waals surface area contributed by atoms with E-state index in [4.69, 9.17) is 10.8 Å². The Bertz CT molecular complexity index is 598. The average molecular weight is 246 g/mol. The second-order valence-corrected chi connectivity index (χ2v) is 4.18. The van der Waals surface area contributed by atoms with E-state index < -0.39 is 18.1 Å². The van der Waals surface area contributed by atoms with Crippen molar-refractivity contribution in [2.45, 2.75) is 19.1 Å². The molecule has 0 bridgehead atoms. The molecule has 0 radical (unpaired) electrons. The summed E-state index contributed by atoms with van der Waals surface area (Å²) in [5.41, 5.74) is 7.38. The molecular weight excluding hydrogens is 232 g/mol. The molecule has 2 rings (SSSR count). The van der Waals surface area contributed by atoms with Crippen molar-refractivity contribution < 1.29 is 15.0 Å². The van der Waals surface area contributed by atoms with E-state index in [1.54, 1.807) is 19.1 Å². The second kappa shape index (κ2) is 4.72. The number of hydrogen-bond donors (Lipinski definition) is 3. The zero-order valence-electron chi connectivity index (χ0n) is 9.87. The Morgan fingerprint density at radius 3 is 2.72 bits per heavy atom. The van der Waals surface area contributed by atoms with Crippen molar-refractivity contribution in [1.82, 2.24) is 4.98 Å². The summed E-state index contributed by atoms with van der Waals surface area (Å²) in [6.07, 6.45) is -1.26. The molecule has 18 heavy (non-hydrogen) atoms. The van der Waals surface area contributed by atoms with Gasteiger partial charge in [0.05, 0.1) is 5.52 Å². The van der Waals surface area contributed by atoms with E-state index in [1.165, 1.54) is 0 Å². The summed E-state index contributed by atoms with van der Waals surface area (Å²) in [5.74, 6) is -1.24. The predicted octanol–water partition coefficient (Wildman–Crippen LogP) is 0.989. The molecular formula is C13H14N2O3. The molecule has 0 aliphatic carbocycles. The number of aliphatic hydroxyl groups excluding tert-OH is 1. The lowest BCUT2D eigenvalue weighted by atomic mass is 9.98. The predicted molar refractivity (Wildman–Crippen MR) is 67.1 cm³/mol. The van der Waals surface area contributed by atoms with Crippen LogP contribution in [0.4, 0.5) is 0 Å². The van der Waals surface area contributed by atoms with Crippen LogP contribution in [-0.4, -0.2) is 27.2 Å². The number of fused-ring (bicyclic) bond motifs is 1. The summed E-state index contributed by atoms with van der Waals surface area (Å²) in [4.78, 5) is 15.2. The molecule has 4 N–H and O–H groups in total. The molecule has 2 unspecified atom stereocenters. The molecule has 0 spiro atoms. The third-order valence-electron chi connectivity index (χ3n) is 2.82. The number of carboxylic acid groups (broad SMARTS) is 1. The van der Waals surface area contributed by atoms with Crippen molar-refractivity contribution in [3.8, 4) is 0 Å². The van der Waals surface area contributed by atoms with E-state index in [0.29, 0.717) is 22.2 Å². The van der Waals surface area contributed by atoms with Gasteiger partial charge in [-0.25, -0.2) is 0 Å². The lowest BCUT2D eigenvalue weighted by Crippen LogP contribution is -2.36. The molecule has 0 saturated heterocycles. The van der Waals surface area contributed by atoms with Gasteiger partial charge in [0, 0.05) is 11.1 Å². The van der Waals surface area contributed by atoms with Crippen LogP contribution in [0.2, 0.25) is 0 Å². The number of nitrogens with two attached hydrogens (primary N) is 1. The highest BCUT2D eigenvalue weighted by atomic mass is 16.4. The minimum atomic E-state index is -1.35. The van der Waals surface area contributed by atoms with E-state index in [0.717, 1.165) is 0 Å². The normalized spacial score (nSPS) is 14.4. The van der Waals surface area contributed by atoms with E-state index in [-0.39, 0.29) is 0 Å². The maximum atomic E-state index is 10.8. The summed E-state index contributed by atoms with van der Waals surface area (Å²) in [6, 6.07) is 7.55. The number of benzene rings is 1. The summed E-state index contributed by atoms with van der Waals surface area (Å²) in [6.45, 7) is 1.79. The maximum absolute atomic E-state index is 10.8. The number of aliphatic hydroxyl groups is 1. The largest absolute Gasteiger partial charge is 0.480 e. The van der Waals surface area contributed by atoms with Crippen molar-refractivity contribution in [2.24, 2.45) is 5.73 Å². The second-order valence-electron chi connectivity index (χ2n) is 4.18. The Kier molecular flexibility index (Phi) is 3.27. The SMILES string of the molecule is Cc1cc(C(O)C(N)C(=O)O)c2ccccc2n1. The summed E-state index contributed by atoms with van der Waals surface area (Å²) < 4.78 is 0. The quantitative estimate of drug-likeness (QED) is 0.750. The van der Waals surface area contributed by atoms with Crippen LogP contribution in [0.25, 0.3) is 10.9 Å². The first-order valence-corrected chi connectivity index (χ1v) is 5.53. The number of carbonyl (C=O) groups is 1. The van der Waals surface area contributed by atoms with Gasteiger partial charge in [-0.15, -0.1) is 0 Å². The molecule has 5 heteroatoms. The average Bonchev–Trinajstić information content (AvgIpc) is 2.35. The molecule has 0 aliphatic heterocycles. The highest BCUT2D eigenvalue weighted by Crippen LogP contribution is 2.25. The van der Waals surface area contributed by atoms with Gasteiger partial charge < -0.3 is 15.9 Å². The van der Waals surface area contributed by atoms with Crippen LogP contribution in [0.15, 0.2) is 30.3 Å². The van der Waals surface area contributed by atoms with Crippen molar-refractivity contribution in [3.63, 3.8) is 0 Å². The Morgan fingerprint density at radius 1 is 1.39 bits per heavy atom. The Morgan fingerprint density at radius 2 is 2.06 bits per heavy atom. The summed E-state index contributed by atoms with van der Waals surface area (Å²) >= 11 is 0. The molecule has 0 saturated carbocycles. The molecule has 2 aromatic rings. The fourth-order valence-corrected chi connectivity index (χ4v) is 1.91. The monoisotopic (exact) mass is 246 g/mol. The Hall–Kier alpha value is -1.98. The van der Waals surface area contributed by atoms with Gasteiger partial charge in [0.25, 0.3) is 0 Å². The van der Waals surface area contributed by atoms with Gasteiger partial charge >= 0.3 is 5.97 Å². The van der Waals surface area contributed by atoms with Crippen molar-refractivity contribution >= 4 is 16.9 Å². The molecule has 0 amide bonds. The summed E-state index contributed by atoms with van der Waals surface area (Å²) in [7, 11) is 0. The zero-order chi connectivity index (χ0) is 13.3. The standard InChI is InChI=1S/C13H14N2O3/c1-7-6-9(12(16)11(14)13(17)18)8-4-2-3-5-10(8)15-7/h2-6,11-12,16H,14H2,1H3,(H,17,18). The summed E-state index contributed by atoms with van der Waals surface area (Å²) in [5, 5.41) is 19.6. The number of aromatic nitrogens is 1. The number of pyridine rings is 1. The van der Waals surface area contributed by atoms with Gasteiger partial charge in [0.2, 0.25) is 0 Å². The zero-order valence-corrected chi connectivity index (χ0v) is 9.87. The first-order chi connectivity index (χ1) is 8.50. The van der Waals surface area contributed by atoms with Crippen LogP contribution in [0.5, 0.6) is 0 Å². The van der Waals surface area contributed by atoms with Crippen LogP contribution in [-0.2, 0) is 4.79 Å². The van der Waals surface area contributed by atoms with Crippen molar-refractivity contribution in [1.29, 1.82) is 0 Å². The Balaban J connectivity index is 2.59. The number of aryl methyl sites for hydroxylation is 1. The van der Waals surface area contributed by atoms with Crippen LogP contribution < -0.4 is 5.73 Å². The number of nitrogens with zero attached hydrogens (tertiary/aromatic N) is 1. The number of para-hydroxylation sites is 1. The fraction of sp³-hybridized carbons (Fsp3) is 0.231. The minimum absolute atomic E-state index is 0.494. The maximum Gasteiger partial charge on any atom is 0.323 e. The number of rotatable bonds is 3. The van der Waals surface area contributed by atoms with Gasteiger partial charge in [0.1, 0.15) is 12.1 Å². The van der Waals surface area contributed by atoms with Crippen LogP contribution in [0.3, 0.4) is 0 Å². The molecule has 5 nitrogen and oxygen atoms in total. The number of carboxylic acids is 1. The number of aliphatic carboxylic acids is 1. The topological polar surface area (TPSA) is 96.4 Å². The highest BCUT2D eigenvalue weighted by Gasteiger charge is 2.25. The number of hydrogen-bond acceptors (Lipinski definition) is 4. The molecule has 94 valence electrons. The lowest BCUT2D eigenvalue weighted by Gasteiger charge is -2.17. The molecule has 0 aliphatic rings. The lowest BCUT2D eigenvalue weighted by molar-refractivity contribution is -0.141. The molecule has 1 aromatic heterocycles. The van der Waals surface area contributed by atoms with Crippen LogP contribution in [0.1, 0.15) is 17.4 Å². The minimum Gasteiger partial charge on any atom is -0.480 e. The third-order valence-corrected chi connectivity index (χ3v) is 2.82. The first kappa shape index (κ1) is 12.5. The van der Waals surface area contributed by atoms with Gasteiger partial charge in [-0.05, 0) is 24.6 Å². The fourth-order valence-electron chi connectivity index (χ4n) is 1.91. The highest BCUT2D eigenvalue weighted by molar-refractivity contribution is 5.84. The third kappa shape index (κ3) is 2.18. The van der Waals surface area contributed by atoms with Gasteiger partial charge in [-0.2, -0.15) is 0 Å². The molecule has 1 aromatic carbocycles. The Labute approximate surface area is 104 Å². The van der Waals surface area contributed by atoms with Crippen LogP contribution in [0, 0.1) is 6.92 Å². The van der Waals surface area contributed by atoms with E-state index in [2.05, 4.69) is 4.98 Å². The van der Waals surface area contributed by atoms with Gasteiger partial charge in [0.15, 0.2) is 0 Å². The van der Waals surface area contributed by atoms with Gasteiger partial charge in [-0.3, -0.25) is 9.78 Å². The molecule has 0 fully saturated rings. The smallest absolute Gasteiger partial charge is 0.323 e. The van der Waals surface area contributed by atoms with E-state index >= 15 is 0 Å². The van der Waals surface area contributed by atoms with E-state index in [1.807, 2.05) is 18.2 Å². The van der Waals surface area contributed by atoms with Gasteiger partial charge in [-0.1, -0.05) is 18.2 Å². The van der Waals surface area contributed by atoms with Crippen LogP contribution >= 0.6 is 0 Å². The van der Waals surface area contributed by atoms with Crippen molar-refractivity contribution in [3.05, 3.63) is 41.6 Å². The molecule has 1 heterocycles. The first-order valence-electron chi connectivity index (χ1n) is 5.53.